The molecule has 1 aromatic carbocycles. The lowest BCUT2D eigenvalue weighted by molar-refractivity contribution is -0.116. The number of carbonyl (C=O) groups is 1. The molecule has 19 heavy (non-hydrogen) atoms. The average molecular weight is 285 g/mol. The van der Waals surface area contributed by atoms with Crippen LogP contribution in [0.2, 0.25) is 0 Å². The highest BCUT2D eigenvalue weighted by Crippen LogP contribution is 2.33. The molecule has 1 unspecified atom stereocenters. The molecule has 0 saturated carbocycles. The van der Waals surface area contributed by atoms with E-state index in [1.807, 2.05) is 0 Å². The second kappa shape index (κ2) is 5.13. The third-order valence-electron chi connectivity index (χ3n) is 3.06. The Morgan fingerprint density at radius 3 is 2.68 bits per heavy atom. The van der Waals surface area contributed by atoms with Crippen LogP contribution in [-0.4, -0.2) is 5.24 Å². The first kappa shape index (κ1) is 13.7. The first-order valence-electron chi connectivity index (χ1n) is 5.61. The van der Waals surface area contributed by atoms with E-state index in [1.165, 1.54) is 13.2 Å². The molecule has 0 N–H and O–H groups in total. The van der Waals surface area contributed by atoms with Crippen molar-refractivity contribution in [2.75, 3.05) is 0 Å². The van der Waals surface area contributed by atoms with Crippen LogP contribution in [0.5, 0.6) is 0 Å². The van der Waals surface area contributed by atoms with Gasteiger partial charge in [-0.1, -0.05) is 0 Å². The predicted molar refractivity (Wildman–Crippen MR) is 67.0 cm³/mol. The number of halogens is 3. The summed E-state index contributed by atoms with van der Waals surface area (Å²) < 4.78 is 32.3. The summed E-state index contributed by atoms with van der Waals surface area (Å²) in [6.45, 7) is 1.46. The van der Waals surface area contributed by atoms with Gasteiger partial charge in [-0.2, -0.15) is 0 Å². The van der Waals surface area contributed by atoms with Crippen LogP contribution in [0.3, 0.4) is 0 Å². The fourth-order valence-corrected chi connectivity index (χ4v) is 2.12. The van der Waals surface area contributed by atoms with Gasteiger partial charge in [0.15, 0.2) is 0 Å². The standard InChI is InChI=1S/C14H11ClF2O2/c1-14(13(15)18,8-10-3-2-6-19-10)11-7-9(16)4-5-12(11)17/h2-7H,8H2,1H3. The molecule has 0 aliphatic heterocycles. The minimum Gasteiger partial charge on any atom is -0.469 e. The number of rotatable bonds is 4. The summed E-state index contributed by atoms with van der Waals surface area (Å²) in [4.78, 5) is 11.7. The van der Waals surface area contributed by atoms with Gasteiger partial charge in [0.2, 0.25) is 5.24 Å². The third-order valence-corrected chi connectivity index (χ3v) is 3.48. The molecule has 2 rings (SSSR count). The Morgan fingerprint density at radius 2 is 2.11 bits per heavy atom. The molecular formula is C14H11ClF2O2. The second-order valence-electron chi connectivity index (χ2n) is 4.49. The molecule has 1 aromatic heterocycles. The zero-order chi connectivity index (χ0) is 14.0. The molecule has 0 spiro atoms. The zero-order valence-electron chi connectivity index (χ0n) is 10.1. The molecule has 0 saturated heterocycles. The maximum atomic E-state index is 13.8. The van der Waals surface area contributed by atoms with Gasteiger partial charge in [0.1, 0.15) is 17.4 Å². The summed E-state index contributed by atoms with van der Waals surface area (Å²) in [7, 11) is 0. The summed E-state index contributed by atoms with van der Waals surface area (Å²) in [5, 5.41) is -0.770. The smallest absolute Gasteiger partial charge is 0.232 e. The van der Waals surface area contributed by atoms with Crippen LogP contribution in [0.15, 0.2) is 41.0 Å². The lowest BCUT2D eigenvalue weighted by Gasteiger charge is -2.25. The van der Waals surface area contributed by atoms with Crippen LogP contribution >= 0.6 is 11.6 Å². The monoisotopic (exact) mass is 284 g/mol. The van der Waals surface area contributed by atoms with Crippen LogP contribution in [-0.2, 0) is 16.6 Å². The van der Waals surface area contributed by atoms with Crippen molar-refractivity contribution >= 4 is 16.8 Å². The number of hydrogen-bond acceptors (Lipinski definition) is 2. The molecule has 1 heterocycles. The van der Waals surface area contributed by atoms with E-state index in [1.54, 1.807) is 12.1 Å². The Kier molecular flexibility index (Phi) is 3.71. The van der Waals surface area contributed by atoms with E-state index in [9.17, 15) is 13.6 Å². The summed E-state index contributed by atoms with van der Waals surface area (Å²) in [5.41, 5.74) is -1.46. The summed E-state index contributed by atoms with van der Waals surface area (Å²) in [6.07, 6.45) is 1.50. The van der Waals surface area contributed by atoms with Crippen LogP contribution < -0.4 is 0 Å². The summed E-state index contributed by atoms with van der Waals surface area (Å²) in [5.74, 6) is -0.829. The van der Waals surface area contributed by atoms with E-state index in [0.717, 1.165) is 18.2 Å². The lowest BCUT2D eigenvalue weighted by atomic mass is 9.79. The molecule has 0 bridgehead atoms. The Bertz CT molecular complexity index is 595. The SMILES string of the molecule is CC(Cc1ccco1)(C(=O)Cl)c1cc(F)ccc1F. The molecule has 0 fully saturated rings. The van der Waals surface area contributed by atoms with Crippen molar-refractivity contribution < 1.29 is 18.0 Å². The van der Waals surface area contributed by atoms with Gasteiger partial charge in [0.05, 0.1) is 11.7 Å². The van der Waals surface area contributed by atoms with Gasteiger partial charge in [-0.05, 0) is 48.9 Å². The first-order valence-corrected chi connectivity index (χ1v) is 5.99. The van der Waals surface area contributed by atoms with Gasteiger partial charge in [0, 0.05) is 12.0 Å². The van der Waals surface area contributed by atoms with Gasteiger partial charge >= 0.3 is 0 Å². The van der Waals surface area contributed by atoms with Crippen molar-refractivity contribution in [3.8, 4) is 0 Å². The molecule has 0 aliphatic carbocycles. The Hall–Kier alpha value is -1.68. The van der Waals surface area contributed by atoms with Gasteiger partial charge in [-0.25, -0.2) is 8.78 Å². The van der Waals surface area contributed by atoms with Crippen molar-refractivity contribution in [2.24, 2.45) is 0 Å². The number of hydrogen-bond donors (Lipinski definition) is 0. The number of furan rings is 1. The molecule has 2 nitrogen and oxygen atoms in total. The van der Waals surface area contributed by atoms with E-state index in [2.05, 4.69) is 0 Å². The van der Waals surface area contributed by atoms with Crippen LogP contribution in [0.25, 0.3) is 0 Å². The largest absolute Gasteiger partial charge is 0.469 e. The molecule has 0 aliphatic rings. The maximum absolute atomic E-state index is 13.8. The van der Waals surface area contributed by atoms with Gasteiger partial charge in [0.25, 0.3) is 0 Å². The molecule has 0 amide bonds. The van der Waals surface area contributed by atoms with Crippen molar-refractivity contribution in [3.63, 3.8) is 0 Å². The highest BCUT2D eigenvalue weighted by molar-refractivity contribution is 6.65. The minimum absolute atomic E-state index is 0.0582. The summed E-state index contributed by atoms with van der Waals surface area (Å²) >= 11 is 5.59. The van der Waals surface area contributed by atoms with Gasteiger partial charge in [-0.3, -0.25) is 4.79 Å². The number of carbonyl (C=O) groups excluding carboxylic acids is 1. The van der Waals surface area contributed by atoms with Crippen molar-refractivity contribution in [3.05, 3.63) is 59.6 Å². The summed E-state index contributed by atoms with van der Waals surface area (Å²) in [6, 6.07) is 6.25. The van der Waals surface area contributed by atoms with Crippen LogP contribution in [0, 0.1) is 11.6 Å². The average Bonchev–Trinajstić information content (AvgIpc) is 2.84. The van der Waals surface area contributed by atoms with Gasteiger partial charge < -0.3 is 4.42 Å². The Labute approximate surface area is 114 Å². The zero-order valence-corrected chi connectivity index (χ0v) is 10.9. The number of benzene rings is 1. The Balaban J connectivity index is 2.49. The highest BCUT2D eigenvalue weighted by Gasteiger charge is 2.37. The Morgan fingerprint density at radius 1 is 1.37 bits per heavy atom. The highest BCUT2D eigenvalue weighted by atomic mass is 35.5. The topological polar surface area (TPSA) is 30.2 Å². The van der Waals surface area contributed by atoms with Crippen molar-refractivity contribution in [2.45, 2.75) is 18.8 Å². The maximum Gasteiger partial charge on any atom is 0.232 e. The van der Waals surface area contributed by atoms with Crippen molar-refractivity contribution in [1.29, 1.82) is 0 Å². The van der Waals surface area contributed by atoms with Gasteiger partial charge in [-0.15, -0.1) is 0 Å². The fraction of sp³-hybridized carbons (Fsp3) is 0.214. The quantitative estimate of drug-likeness (QED) is 0.799. The normalized spacial score (nSPS) is 14.1. The molecule has 0 radical (unpaired) electrons. The molecule has 1 atom stereocenters. The van der Waals surface area contributed by atoms with E-state index < -0.39 is 22.3 Å². The molecule has 2 aromatic rings. The third kappa shape index (κ3) is 2.68. The van der Waals surface area contributed by atoms with E-state index >= 15 is 0 Å². The molecule has 5 heteroatoms. The van der Waals surface area contributed by atoms with Crippen LogP contribution in [0.4, 0.5) is 8.78 Å². The van der Waals surface area contributed by atoms with Crippen LogP contribution in [0.1, 0.15) is 18.2 Å². The van der Waals surface area contributed by atoms with E-state index in [0.29, 0.717) is 5.76 Å². The predicted octanol–water partition coefficient (Wildman–Crippen LogP) is 3.82. The van der Waals surface area contributed by atoms with Crippen molar-refractivity contribution in [1.82, 2.24) is 0 Å². The fourth-order valence-electron chi connectivity index (χ4n) is 1.95. The second-order valence-corrected chi connectivity index (χ2v) is 4.83. The van der Waals surface area contributed by atoms with E-state index in [-0.39, 0.29) is 12.0 Å². The molecule has 100 valence electrons. The minimum atomic E-state index is -1.38. The molecular weight excluding hydrogens is 274 g/mol. The van der Waals surface area contributed by atoms with E-state index in [4.69, 9.17) is 16.0 Å². The lowest BCUT2D eigenvalue weighted by Crippen LogP contribution is -2.33. The first-order chi connectivity index (χ1) is 8.93.